The first-order valence-corrected chi connectivity index (χ1v) is 20.5. The molecule has 0 amide bonds. The average molecular weight is 741 g/mol. The van der Waals surface area contributed by atoms with Gasteiger partial charge in [0.1, 0.15) is 0 Å². The lowest BCUT2D eigenvalue weighted by atomic mass is 9.67. The largest absolute Gasteiger partial charge is 0.0713 e. The lowest BCUT2D eigenvalue weighted by molar-refractivity contribution is 0.711. The molecule has 0 heterocycles. The molecular formula is C58H44. The summed E-state index contributed by atoms with van der Waals surface area (Å²) >= 11 is 0. The number of aryl methyl sites for hydroxylation is 1. The van der Waals surface area contributed by atoms with Crippen LogP contribution in [0.1, 0.15) is 51.3 Å². The topological polar surface area (TPSA) is 0 Å². The number of rotatable bonds is 10. The summed E-state index contributed by atoms with van der Waals surface area (Å²) in [7, 11) is 0. The molecule has 0 N–H and O–H groups in total. The fraction of sp³-hybridized carbons (Fsp3) is 0.0690. The van der Waals surface area contributed by atoms with Gasteiger partial charge in [0.2, 0.25) is 0 Å². The molecule has 10 rings (SSSR count). The third-order valence-corrected chi connectivity index (χ3v) is 12.3. The minimum Gasteiger partial charge on any atom is -0.0622 e. The van der Waals surface area contributed by atoms with E-state index in [1.54, 1.807) is 0 Å². The highest BCUT2D eigenvalue weighted by molar-refractivity contribution is 5.87. The Kier molecular flexibility index (Phi) is 9.45. The van der Waals surface area contributed by atoms with Crippen molar-refractivity contribution in [3.8, 4) is 44.5 Å². The number of benzene rings is 9. The van der Waals surface area contributed by atoms with E-state index >= 15 is 0 Å². The third-order valence-electron chi connectivity index (χ3n) is 12.3. The second-order valence-electron chi connectivity index (χ2n) is 15.6. The van der Waals surface area contributed by atoms with Gasteiger partial charge in [-0.3, -0.25) is 0 Å². The van der Waals surface area contributed by atoms with Gasteiger partial charge in [-0.1, -0.05) is 231 Å². The van der Waals surface area contributed by atoms with Crippen LogP contribution in [0.2, 0.25) is 0 Å². The fourth-order valence-corrected chi connectivity index (χ4v) is 9.44. The Morgan fingerprint density at radius 3 is 1.34 bits per heavy atom. The molecule has 0 spiro atoms. The highest BCUT2D eigenvalue weighted by Gasteiger charge is 2.46. The molecule has 0 saturated heterocycles. The van der Waals surface area contributed by atoms with Gasteiger partial charge in [-0.05, 0) is 102 Å². The number of fused-ring (bicyclic) bond motifs is 3. The highest BCUT2D eigenvalue weighted by atomic mass is 14.5. The number of hydrogen-bond acceptors (Lipinski definition) is 0. The minimum atomic E-state index is -0.464. The smallest absolute Gasteiger partial charge is 0.0622 e. The molecule has 0 heteroatoms. The van der Waals surface area contributed by atoms with E-state index in [-0.39, 0.29) is 5.92 Å². The predicted molar refractivity (Wildman–Crippen MR) is 243 cm³/mol. The van der Waals surface area contributed by atoms with E-state index in [9.17, 15) is 0 Å². The fourth-order valence-electron chi connectivity index (χ4n) is 9.44. The van der Waals surface area contributed by atoms with Crippen molar-refractivity contribution in [1.29, 1.82) is 0 Å². The van der Waals surface area contributed by atoms with Crippen molar-refractivity contribution in [2.45, 2.75) is 24.2 Å². The molecule has 0 saturated carbocycles. The quantitative estimate of drug-likeness (QED) is 0.131. The zero-order valence-corrected chi connectivity index (χ0v) is 32.5. The van der Waals surface area contributed by atoms with Crippen LogP contribution in [0, 0.1) is 0 Å². The molecule has 0 bridgehead atoms. The Bertz CT molecular complexity index is 2700. The first kappa shape index (κ1) is 35.4. The summed E-state index contributed by atoms with van der Waals surface area (Å²) in [4.78, 5) is 0. The molecule has 9 aromatic rings. The molecule has 9 aromatic carbocycles. The van der Waals surface area contributed by atoms with Gasteiger partial charge in [-0.25, -0.2) is 0 Å². The highest BCUT2D eigenvalue weighted by Crippen LogP contribution is 2.56. The normalized spacial score (nSPS) is 14.2. The second kappa shape index (κ2) is 15.5. The summed E-state index contributed by atoms with van der Waals surface area (Å²) < 4.78 is 0. The third kappa shape index (κ3) is 6.47. The van der Waals surface area contributed by atoms with Gasteiger partial charge in [-0.2, -0.15) is 0 Å². The van der Waals surface area contributed by atoms with Gasteiger partial charge in [-0.15, -0.1) is 0 Å². The Hall–Kier alpha value is -7.02. The van der Waals surface area contributed by atoms with E-state index in [1.165, 1.54) is 83.5 Å². The second-order valence-corrected chi connectivity index (χ2v) is 15.6. The van der Waals surface area contributed by atoms with Gasteiger partial charge in [0, 0.05) is 5.92 Å². The Balaban J connectivity index is 1.06. The Labute approximate surface area is 342 Å². The van der Waals surface area contributed by atoms with Crippen LogP contribution in [-0.4, -0.2) is 0 Å². The molecule has 276 valence electrons. The lowest BCUT2D eigenvalue weighted by Gasteiger charge is -2.34. The zero-order chi connectivity index (χ0) is 38.7. The molecule has 0 radical (unpaired) electrons. The Morgan fingerprint density at radius 1 is 0.310 bits per heavy atom. The Morgan fingerprint density at radius 2 is 0.759 bits per heavy atom. The van der Waals surface area contributed by atoms with Crippen LogP contribution < -0.4 is 0 Å². The maximum Gasteiger partial charge on any atom is 0.0713 e. The van der Waals surface area contributed by atoms with Gasteiger partial charge >= 0.3 is 0 Å². The molecule has 1 atom stereocenters. The summed E-state index contributed by atoms with van der Waals surface area (Å²) in [6.07, 6.45) is 1.94. The van der Waals surface area contributed by atoms with Gasteiger partial charge in [0.15, 0.2) is 0 Å². The molecule has 0 aromatic heterocycles. The molecule has 1 unspecified atom stereocenters. The van der Waals surface area contributed by atoms with Crippen molar-refractivity contribution in [2.24, 2.45) is 0 Å². The van der Waals surface area contributed by atoms with E-state index in [1.807, 2.05) is 0 Å². The van der Waals surface area contributed by atoms with Crippen molar-refractivity contribution in [1.82, 2.24) is 0 Å². The van der Waals surface area contributed by atoms with E-state index in [4.69, 9.17) is 0 Å². The van der Waals surface area contributed by atoms with Crippen LogP contribution in [0.15, 0.2) is 237 Å². The summed E-state index contributed by atoms with van der Waals surface area (Å²) in [5, 5.41) is 0. The first-order chi connectivity index (χ1) is 28.8. The van der Waals surface area contributed by atoms with Gasteiger partial charge < -0.3 is 0 Å². The minimum absolute atomic E-state index is 0.238. The van der Waals surface area contributed by atoms with Crippen LogP contribution in [0.25, 0.3) is 44.5 Å². The van der Waals surface area contributed by atoms with E-state index in [2.05, 4.69) is 237 Å². The van der Waals surface area contributed by atoms with Crippen molar-refractivity contribution >= 4 is 0 Å². The first-order valence-electron chi connectivity index (χ1n) is 20.5. The summed E-state index contributed by atoms with van der Waals surface area (Å²) in [6, 6.07) is 87.5. The van der Waals surface area contributed by atoms with Gasteiger partial charge in [0.25, 0.3) is 0 Å². The average Bonchev–Trinajstić information content (AvgIpc) is 3.61. The zero-order valence-electron chi connectivity index (χ0n) is 32.5. The molecule has 0 fully saturated rings. The molecule has 58 heavy (non-hydrogen) atoms. The van der Waals surface area contributed by atoms with Crippen molar-refractivity contribution in [2.75, 3.05) is 0 Å². The van der Waals surface area contributed by atoms with E-state index in [0.29, 0.717) is 0 Å². The van der Waals surface area contributed by atoms with Crippen molar-refractivity contribution in [3.05, 3.63) is 276 Å². The van der Waals surface area contributed by atoms with Crippen LogP contribution in [0.4, 0.5) is 0 Å². The monoisotopic (exact) mass is 740 g/mol. The molecule has 1 aliphatic carbocycles. The van der Waals surface area contributed by atoms with Crippen LogP contribution in [0.5, 0.6) is 0 Å². The van der Waals surface area contributed by atoms with Crippen molar-refractivity contribution in [3.63, 3.8) is 0 Å². The number of hydrogen-bond donors (Lipinski definition) is 0. The molecule has 1 aliphatic rings. The van der Waals surface area contributed by atoms with Crippen LogP contribution >= 0.6 is 0 Å². The standard InChI is InChI=1S/C58H44/c1-5-16-43(17-6-1)46-30-34-48(35-31-46)53(49-36-32-47(33-37-49)44-18-7-2-8-19-44)38-28-42-29-39-55-54-26-13-14-27-56(54)58(57(55)40-42,51-23-11-4-12-24-51)52-25-15-22-50(41-52)45-20-9-3-10-21-45/h1-27,29-37,39-41,53H,28,38H2. The summed E-state index contributed by atoms with van der Waals surface area (Å²) in [5.41, 5.74) is 18.9. The summed E-state index contributed by atoms with van der Waals surface area (Å²) in [6.45, 7) is 0. The summed E-state index contributed by atoms with van der Waals surface area (Å²) in [5.74, 6) is 0.238. The molecule has 0 nitrogen and oxygen atoms in total. The lowest BCUT2D eigenvalue weighted by Crippen LogP contribution is -2.28. The van der Waals surface area contributed by atoms with Crippen molar-refractivity contribution < 1.29 is 0 Å². The maximum atomic E-state index is 2.53. The van der Waals surface area contributed by atoms with E-state index < -0.39 is 5.41 Å². The van der Waals surface area contributed by atoms with Crippen LogP contribution in [-0.2, 0) is 11.8 Å². The molecule has 0 aliphatic heterocycles. The SMILES string of the molecule is c1ccc(-c2ccc(C(CCc3ccc4c(c3)C(c3ccccc3)(c3cccc(-c5ccccc5)c3)c3ccccc3-4)c3ccc(-c4ccccc4)cc3)cc2)cc1. The predicted octanol–water partition coefficient (Wildman–Crippen LogP) is 14.8. The van der Waals surface area contributed by atoms with Gasteiger partial charge in [0.05, 0.1) is 5.41 Å². The molecular weight excluding hydrogens is 697 g/mol. The van der Waals surface area contributed by atoms with E-state index in [0.717, 1.165) is 12.8 Å². The van der Waals surface area contributed by atoms with Crippen LogP contribution in [0.3, 0.4) is 0 Å². The maximum absolute atomic E-state index is 2.53.